The lowest BCUT2D eigenvalue weighted by Gasteiger charge is -2.28. The van der Waals surface area contributed by atoms with E-state index in [1.807, 2.05) is 20.8 Å². The Kier molecular flexibility index (Phi) is 4.45. The van der Waals surface area contributed by atoms with Crippen LogP contribution in [-0.4, -0.2) is 17.4 Å². The molecule has 13 heavy (non-hydrogen) atoms. The zero-order chi connectivity index (χ0) is 10.5. The van der Waals surface area contributed by atoms with Crippen molar-refractivity contribution < 1.29 is 9.59 Å². The first-order chi connectivity index (χ1) is 5.95. The van der Waals surface area contributed by atoms with E-state index in [4.69, 9.17) is 5.73 Å². The Bertz CT molecular complexity index is 204. The molecule has 0 aliphatic heterocycles. The Labute approximate surface area is 78.9 Å². The van der Waals surface area contributed by atoms with Crippen molar-refractivity contribution in [3.05, 3.63) is 0 Å². The Morgan fingerprint density at radius 1 is 1.38 bits per heavy atom. The summed E-state index contributed by atoms with van der Waals surface area (Å²) in [5.41, 5.74) is 4.54. The third-order valence-corrected chi connectivity index (χ3v) is 2.22. The Morgan fingerprint density at radius 2 is 1.92 bits per heavy atom. The molecule has 0 saturated heterocycles. The van der Waals surface area contributed by atoms with E-state index < -0.39 is 11.8 Å². The molecule has 1 atom stereocenters. The number of amides is 2. The van der Waals surface area contributed by atoms with Gasteiger partial charge in [0.05, 0.1) is 0 Å². The van der Waals surface area contributed by atoms with E-state index in [1.165, 1.54) is 0 Å². The predicted molar refractivity (Wildman–Crippen MR) is 50.9 cm³/mol. The summed E-state index contributed by atoms with van der Waals surface area (Å²) in [6.07, 6.45) is 2.60. The lowest BCUT2D eigenvalue weighted by atomic mass is 9.93. The highest BCUT2D eigenvalue weighted by Crippen LogP contribution is 2.15. The number of hydrogen-bond donors (Lipinski definition) is 2. The van der Waals surface area contributed by atoms with Gasteiger partial charge in [0.1, 0.15) is 0 Å². The van der Waals surface area contributed by atoms with E-state index in [2.05, 4.69) is 5.32 Å². The third kappa shape index (κ3) is 3.92. The van der Waals surface area contributed by atoms with Crippen LogP contribution >= 0.6 is 0 Å². The second-order valence-electron chi connectivity index (χ2n) is 3.48. The molecule has 0 aliphatic rings. The van der Waals surface area contributed by atoms with Gasteiger partial charge in [0.15, 0.2) is 0 Å². The zero-order valence-corrected chi connectivity index (χ0v) is 8.52. The fourth-order valence-corrected chi connectivity index (χ4v) is 1.22. The summed E-state index contributed by atoms with van der Waals surface area (Å²) in [6, 6.07) is 0. The van der Waals surface area contributed by atoms with Crippen molar-refractivity contribution >= 4 is 11.8 Å². The molecule has 0 aromatic carbocycles. The molecule has 0 bridgehead atoms. The molecule has 0 aromatic rings. The Balaban J connectivity index is 4.26. The van der Waals surface area contributed by atoms with Gasteiger partial charge in [-0.05, 0) is 19.8 Å². The van der Waals surface area contributed by atoms with Gasteiger partial charge < -0.3 is 11.1 Å². The summed E-state index contributed by atoms with van der Waals surface area (Å²) < 4.78 is 0. The fourth-order valence-electron chi connectivity index (χ4n) is 1.22. The van der Waals surface area contributed by atoms with Crippen molar-refractivity contribution in [2.24, 2.45) is 5.73 Å². The second kappa shape index (κ2) is 4.84. The zero-order valence-electron chi connectivity index (χ0n) is 8.52. The molecular weight excluding hydrogens is 168 g/mol. The van der Waals surface area contributed by atoms with E-state index in [-0.39, 0.29) is 5.54 Å². The number of carbonyl (C=O) groups is 2. The monoisotopic (exact) mass is 186 g/mol. The van der Waals surface area contributed by atoms with Crippen LogP contribution in [0.3, 0.4) is 0 Å². The van der Waals surface area contributed by atoms with Crippen molar-refractivity contribution in [2.45, 2.75) is 45.6 Å². The molecule has 0 fully saturated rings. The van der Waals surface area contributed by atoms with Gasteiger partial charge in [0.2, 0.25) is 0 Å². The van der Waals surface area contributed by atoms with Crippen molar-refractivity contribution in [1.29, 1.82) is 0 Å². The summed E-state index contributed by atoms with van der Waals surface area (Å²) in [4.78, 5) is 21.5. The first kappa shape index (κ1) is 11.9. The van der Waals surface area contributed by atoms with Gasteiger partial charge in [-0.1, -0.05) is 20.3 Å². The summed E-state index contributed by atoms with van der Waals surface area (Å²) in [5.74, 6) is -1.62. The predicted octanol–water partition coefficient (Wildman–Crippen LogP) is 0.557. The summed E-state index contributed by atoms with van der Waals surface area (Å²) >= 11 is 0. The number of nitrogens with one attached hydrogen (secondary N) is 1. The minimum Gasteiger partial charge on any atom is -0.361 e. The molecule has 0 radical (unpaired) electrons. The first-order valence-electron chi connectivity index (χ1n) is 4.57. The molecule has 3 N–H and O–H groups in total. The Morgan fingerprint density at radius 3 is 2.23 bits per heavy atom. The number of hydrogen-bond acceptors (Lipinski definition) is 2. The minimum atomic E-state index is -0.921. The van der Waals surface area contributed by atoms with Gasteiger partial charge in [-0.25, -0.2) is 0 Å². The third-order valence-electron chi connectivity index (χ3n) is 2.22. The van der Waals surface area contributed by atoms with Crippen LogP contribution in [-0.2, 0) is 9.59 Å². The minimum absolute atomic E-state index is 0.305. The highest BCUT2D eigenvalue weighted by Gasteiger charge is 2.24. The molecule has 0 saturated carbocycles. The average molecular weight is 186 g/mol. The lowest BCUT2D eigenvalue weighted by molar-refractivity contribution is -0.138. The molecule has 4 nitrogen and oxygen atoms in total. The molecule has 0 heterocycles. The van der Waals surface area contributed by atoms with Crippen molar-refractivity contribution in [1.82, 2.24) is 5.32 Å². The molecule has 4 heteroatoms. The van der Waals surface area contributed by atoms with Crippen LogP contribution in [0.25, 0.3) is 0 Å². The van der Waals surface area contributed by atoms with Crippen LogP contribution in [0, 0.1) is 0 Å². The van der Waals surface area contributed by atoms with Crippen molar-refractivity contribution in [2.75, 3.05) is 0 Å². The summed E-state index contributed by atoms with van der Waals surface area (Å²) in [5, 5.41) is 2.63. The van der Waals surface area contributed by atoms with Crippen LogP contribution in [0.2, 0.25) is 0 Å². The number of rotatable bonds is 4. The molecule has 0 spiro atoms. The van der Waals surface area contributed by atoms with Gasteiger partial charge in [-0.3, -0.25) is 9.59 Å². The summed E-state index contributed by atoms with van der Waals surface area (Å²) in [6.45, 7) is 5.92. The quantitative estimate of drug-likeness (QED) is 0.629. The van der Waals surface area contributed by atoms with E-state index >= 15 is 0 Å². The highest BCUT2D eigenvalue weighted by atomic mass is 16.2. The van der Waals surface area contributed by atoms with Gasteiger partial charge in [0.25, 0.3) is 0 Å². The second-order valence-corrected chi connectivity index (χ2v) is 3.48. The topological polar surface area (TPSA) is 72.2 Å². The number of carbonyl (C=O) groups excluding carboxylic acids is 2. The van der Waals surface area contributed by atoms with Gasteiger partial charge in [-0.15, -0.1) is 0 Å². The summed E-state index contributed by atoms with van der Waals surface area (Å²) in [7, 11) is 0. The van der Waals surface area contributed by atoms with Crippen LogP contribution in [0.15, 0.2) is 0 Å². The van der Waals surface area contributed by atoms with Gasteiger partial charge in [0, 0.05) is 5.54 Å². The van der Waals surface area contributed by atoms with Crippen LogP contribution in [0.5, 0.6) is 0 Å². The molecule has 0 aliphatic carbocycles. The maximum atomic E-state index is 11.0. The van der Waals surface area contributed by atoms with E-state index in [1.54, 1.807) is 0 Å². The molecule has 76 valence electrons. The standard InChI is InChI=1S/C9H18N2O2/c1-4-6-9(3,5-2)11-8(13)7(10)12/h4-6H2,1-3H3,(H2,10,12)(H,11,13). The fraction of sp³-hybridized carbons (Fsp3) is 0.778. The van der Waals surface area contributed by atoms with Crippen molar-refractivity contribution in [3.8, 4) is 0 Å². The smallest absolute Gasteiger partial charge is 0.309 e. The average Bonchev–Trinajstić information content (AvgIpc) is 2.04. The van der Waals surface area contributed by atoms with Crippen LogP contribution in [0.1, 0.15) is 40.0 Å². The van der Waals surface area contributed by atoms with E-state index in [9.17, 15) is 9.59 Å². The van der Waals surface area contributed by atoms with Gasteiger partial charge in [-0.2, -0.15) is 0 Å². The van der Waals surface area contributed by atoms with Crippen LogP contribution in [0.4, 0.5) is 0 Å². The SMILES string of the molecule is CCCC(C)(CC)NC(=O)C(N)=O. The van der Waals surface area contributed by atoms with E-state index in [0.717, 1.165) is 19.3 Å². The molecule has 0 aromatic heterocycles. The molecule has 1 unspecified atom stereocenters. The molecule has 0 rings (SSSR count). The number of primary amides is 1. The first-order valence-corrected chi connectivity index (χ1v) is 4.57. The number of nitrogens with two attached hydrogens (primary N) is 1. The highest BCUT2D eigenvalue weighted by molar-refractivity contribution is 6.34. The normalized spacial score (nSPS) is 14.7. The van der Waals surface area contributed by atoms with Crippen LogP contribution < -0.4 is 11.1 Å². The lowest BCUT2D eigenvalue weighted by Crippen LogP contribution is -2.49. The molecule has 2 amide bonds. The Hall–Kier alpha value is -1.06. The largest absolute Gasteiger partial charge is 0.361 e. The maximum absolute atomic E-state index is 11.0. The van der Waals surface area contributed by atoms with Crippen molar-refractivity contribution in [3.63, 3.8) is 0 Å². The van der Waals surface area contributed by atoms with E-state index in [0.29, 0.717) is 0 Å². The maximum Gasteiger partial charge on any atom is 0.309 e. The molecular formula is C9H18N2O2. The van der Waals surface area contributed by atoms with Gasteiger partial charge >= 0.3 is 11.8 Å².